The lowest BCUT2D eigenvalue weighted by Gasteiger charge is -2.20. The van der Waals surface area contributed by atoms with Crippen LogP contribution in [0.5, 0.6) is 0 Å². The van der Waals surface area contributed by atoms with E-state index in [2.05, 4.69) is 38.8 Å². The number of thiophene rings is 1. The van der Waals surface area contributed by atoms with Crippen LogP contribution in [0.3, 0.4) is 0 Å². The Labute approximate surface area is 147 Å². The third-order valence-electron chi connectivity index (χ3n) is 4.18. The number of hydrogen-bond donors (Lipinski definition) is 2. The number of aromatic nitrogens is 1. The van der Waals surface area contributed by atoms with Crippen molar-refractivity contribution in [3.63, 3.8) is 0 Å². The summed E-state index contributed by atoms with van der Waals surface area (Å²) < 4.78 is 0. The highest BCUT2D eigenvalue weighted by molar-refractivity contribution is 7.09. The minimum Gasteiger partial charge on any atom is -0.370 e. The minimum atomic E-state index is 0.500. The Balaban J connectivity index is 1.58. The fraction of sp³-hybridized carbons (Fsp3) is 0.444. The van der Waals surface area contributed by atoms with Crippen LogP contribution in [0.2, 0.25) is 0 Å². The molecule has 0 radical (unpaired) electrons. The molecule has 3 N–H and O–H groups in total. The highest BCUT2D eigenvalue weighted by Gasteiger charge is 2.17. The summed E-state index contributed by atoms with van der Waals surface area (Å²) in [5, 5.41) is 5.29. The van der Waals surface area contributed by atoms with Gasteiger partial charge in [-0.15, -0.1) is 11.3 Å². The molecule has 2 aromatic heterocycles. The van der Waals surface area contributed by atoms with Crippen molar-refractivity contribution in [1.29, 1.82) is 0 Å². The molecule has 1 saturated heterocycles. The molecule has 0 aliphatic carbocycles. The topological polar surface area (TPSA) is 66.5 Å². The number of pyridine rings is 1. The van der Waals surface area contributed by atoms with Gasteiger partial charge in [0.25, 0.3) is 0 Å². The average Bonchev–Trinajstić information content (AvgIpc) is 3.27. The molecule has 6 heteroatoms. The maximum absolute atomic E-state index is 6.00. The van der Waals surface area contributed by atoms with E-state index in [1.165, 1.54) is 17.7 Å². The van der Waals surface area contributed by atoms with Gasteiger partial charge in [0.2, 0.25) is 0 Å². The van der Waals surface area contributed by atoms with Gasteiger partial charge in [-0.2, -0.15) is 0 Å². The Morgan fingerprint density at radius 1 is 1.33 bits per heavy atom. The highest BCUT2D eigenvalue weighted by Crippen LogP contribution is 2.23. The predicted octanol–water partition coefficient (Wildman–Crippen LogP) is 2.70. The van der Waals surface area contributed by atoms with Gasteiger partial charge in [0, 0.05) is 35.8 Å². The number of aliphatic imine (C=N–C) groups is 1. The summed E-state index contributed by atoms with van der Waals surface area (Å²) in [6.07, 6.45) is 3.45. The molecule has 0 aromatic carbocycles. The molecule has 5 nitrogen and oxygen atoms in total. The van der Waals surface area contributed by atoms with Crippen LogP contribution in [0, 0.1) is 6.92 Å². The first-order chi connectivity index (χ1) is 11.7. The smallest absolute Gasteiger partial charge is 0.188 e. The number of nitrogens with one attached hydrogen (secondary N) is 1. The van der Waals surface area contributed by atoms with Crippen LogP contribution in [0.1, 0.15) is 29.0 Å². The number of rotatable bonds is 6. The second-order valence-corrected chi connectivity index (χ2v) is 7.12. The summed E-state index contributed by atoms with van der Waals surface area (Å²) >= 11 is 1.77. The van der Waals surface area contributed by atoms with E-state index in [-0.39, 0.29) is 0 Å². The van der Waals surface area contributed by atoms with Crippen LogP contribution in [-0.4, -0.2) is 30.6 Å². The molecule has 0 unspecified atom stereocenters. The molecule has 0 saturated carbocycles. The van der Waals surface area contributed by atoms with Gasteiger partial charge in [-0.25, -0.2) is 9.98 Å². The van der Waals surface area contributed by atoms with E-state index in [9.17, 15) is 0 Å². The fourth-order valence-corrected chi connectivity index (χ4v) is 3.60. The second kappa shape index (κ2) is 8.15. The lowest BCUT2D eigenvalue weighted by molar-refractivity contribution is 0.851. The number of anilines is 1. The number of hydrogen-bond acceptors (Lipinski definition) is 4. The highest BCUT2D eigenvalue weighted by atomic mass is 32.1. The van der Waals surface area contributed by atoms with E-state index in [0.29, 0.717) is 12.5 Å². The zero-order valence-corrected chi connectivity index (χ0v) is 15.0. The molecule has 1 aliphatic rings. The van der Waals surface area contributed by atoms with Crippen molar-refractivity contribution in [3.8, 4) is 0 Å². The second-order valence-electron chi connectivity index (χ2n) is 6.09. The Bertz CT molecular complexity index is 675. The van der Waals surface area contributed by atoms with Gasteiger partial charge in [-0.1, -0.05) is 12.1 Å². The van der Waals surface area contributed by atoms with E-state index >= 15 is 0 Å². The van der Waals surface area contributed by atoms with Crippen molar-refractivity contribution in [3.05, 3.63) is 45.8 Å². The largest absolute Gasteiger partial charge is 0.370 e. The maximum atomic E-state index is 6.00. The van der Waals surface area contributed by atoms with Crippen LogP contribution in [0.15, 0.2) is 34.6 Å². The summed E-state index contributed by atoms with van der Waals surface area (Å²) in [6, 6.07) is 8.38. The third-order valence-corrected chi connectivity index (χ3v) is 5.11. The molecule has 3 heterocycles. The van der Waals surface area contributed by atoms with E-state index in [0.717, 1.165) is 43.1 Å². The van der Waals surface area contributed by atoms with E-state index in [4.69, 9.17) is 10.7 Å². The van der Waals surface area contributed by atoms with Gasteiger partial charge in [-0.05, 0) is 43.7 Å². The molecule has 3 rings (SSSR count). The Hall–Kier alpha value is -2.08. The average molecular weight is 344 g/mol. The van der Waals surface area contributed by atoms with Gasteiger partial charge in [0.1, 0.15) is 5.82 Å². The lowest BCUT2D eigenvalue weighted by atomic mass is 10.2. The summed E-state index contributed by atoms with van der Waals surface area (Å²) in [5.41, 5.74) is 8.19. The van der Waals surface area contributed by atoms with Gasteiger partial charge in [0.05, 0.1) is 6.54 Å². The van der Waals surface area contributed by atoms with Gasteiger partial charge >= 0.3 is 0 Å². The van der Waals surface area contributed by atoms with Crippen molar-refractivity contribution >= 4 is 23.1 Å². The van der Waals surface area contributed by atoms with Crippen LogP contribution in [0.25, 0.3) is 0 Å². The molecule has 24 heavy (non-hydrogen) atoms. The Morgan fingerprint density at radius 3 is 2.92 bits per heavy atom. The summed E-state index contributed by atoms with van der Waals surface area (Å²) in [4.78, 5) is 12.9. The number of nitrogens with two attached hydrogens (primary N) is 1. The molecule has 2 aromatic rings. The van der Waals surface area contributed by atoms with Crippen molar-refractivity contribution in [2.24, 2.45) is 10.7 Å². The van der Waals surface area contributed by atoms with Gasteiger partial charge in [-0.3, -0.25) is 0 Å². The summed E-state index contributed by atoms with van der Waals surface area (Å²) in [5.74, 6) is 1.57. The Morgan fingerprint density at radius 2 is 2.17 bits per heavy atom. The van der Waals surface area contributed by atoms with Crippen LogP contribution < -0.4 is 16.0 Å². The number of nitrogens with zero attached hydrogens (tertiary/aromatic N) is 3. The van der Waals surface area contributed by atoms with E-state index in [1.807, 2.05) is 13.0 Å². The number of aryl methyl sites for hydroxylation is 1. The summed E-state index contributed by atoms with van der Waals surface area (Å²) in [6.45, 7) is 5.58. The van der Waals surface area contributed by atoms with E-state index < -0.39 is 0 Å². The van der Waals surface area contributed by atoms with E-state index in [1.54, 1.807) is 11.3 Å². The first kappa shape index (κ1) is 16.8. The number of guanidine groups is 1. The molecular formula is C18H25N5S. The fourth-order valence-electron chi connectivity index (χ4n) is 2.89. The maximum Gasteiger partial charge on any atom is 0.188 e. The summed E-state index contributed by atoms with van der Waals surface area (Å²) in [7, 11) is 0. The normalized spacial score (nSPS) is 15.0. The molecule has 0 bridgehead atoms. The van der Waals surface area contributed by atoms with Crippen molar-refractivity contribution < 1.29 is 0 Å². The molecule has 128 valence electrons. The molecule has 1 aliphatic heterocycles. The molecule has 1 fully saturated rings. The SMILES string of the molecule is Cc1ccc(CN=C(N)NCCc2cccs2)c(N2CCCC2)n1. The van der Waals surface area contributed by atoms with Crippen molar-refractivity contribution in [2.45, 2.75) is 32.7 Å². The zero-order valence-electron chi connectivity index (χ0n) is 14.2. The van der Waals surface area contributed by atoms with Crippen LogP contribution in [0.4, 0.5) is 5.82 Å². The standard InChI is InChI=1S/C18H25N5S/c1-14-6-7-15(17(22-14)23-10-2-3-11-23)13-21-18(19)20-9-8-16-5-4-12-24-16/h4-7,12H,2-3,8-11,13H2,1H3,(H3,19,20,21). The van der Waals surface area contributed by atoms with Gasteiger partial charge < -0.3 is 16.0 Å². The predicted molar refractivity (Wildman–Crippen MR) is 102 cm³/mol. The van der Waals surface area contributed by atoms with Crippen LogP contribution in [-0.2, 0) is 13.0 Å². The molecular weight excluding hydrogens is 318 g/mol. The first-order valence-corrected chi connectivity index (χ1v) is 9.38. The minimum absolute atomic E-state index is 0.500. The molecule has 0 amide bonds. The van der Waals surface area contributed by atoms with Crippen LogP contribution >= 0.6 is 11.3 Å². The van der Waals surface area contributed by atoms with Gasteiger partial charge in [0.15, 0.2) is 5.96 Å². The first-order valence-electron chi connectivity index (χ1n) is 8.50. The quantitative estimate of drug-likeness (QED) is 0.625. The monoisotopic (exact) mass is 343 g/mol. The van der Waals surface area contributed by atoms with Crippen molar-refractivity contribution in [2.75, 3.05) is 24.5 Å². The Kier molecular flexibility index (Phi) is 5.69. The zero-order chi connectivity index (χ0) is 16.8. The third kappa shape index (κ3) is 4.47. The van der Waals surface area contributed by atoms with Crippen molar-refractivity contribution in [1.82, 2.24) is 10.3 Å². The molecule has 0 atom stereocenters. The molecule has 0 spiro atoms. The lowest BCUT2D eigenvalue weighted by Crippen LogP contribution is -2.33.